The first kappa shape index (κ1) is 16.1. The van der Waals surface area contributed by atoms with Crippen LogP contribution in [0.3, 0.4) is 0 Å². The van der Waals surface area contributed by atoms with Crippen LogP contribution in [0.15, 0.2) is 36.5 Å². The van der Waals surface area contributed by atoms with E-state index in [9.17, 15) is 0 Å². The zero-order valence-electron chi connectivity index (χ0n) is 12.1. The molecule has 1 aromatic heterocycles. The molecular weight excluding hydrogens is 307 g/mol. The summed E-state index contributed by atoms with van der Waals surface area (Å²) in [7, 11) is 0. The molecule has 21 heavy (non-hydrogen) atoms. The SMILES string of the molecule is CCNC(c1ccc(OCC)cc1)c1ncc(Cl)cc1Cl. The molecule has 0 aliphatic heterocycles. The maximum Gasteiger partial charge on any atom is 0.119 e. The average Bonchev–Trinajstić information content (AvgIpc) is 2.47. The molecule has 0 saturated heterocycles. The molecule has 0 spiro atoms. The highest BCUT2D eigenvalue weighted by Crippen LogP contribution is 2.29. The highest BCUT2D eigenvalue weighted by Gasteiger charge is 2.18. The van der Waals surface area contributed by atoms with Gasteiger partial charge in [0.05, 0.1) is 28.4 Å². The second kappa shape index (κ2) is 7.64. The first-order valence-electron chi connectivity index (χ1n) is 6.92. The number of aromatic nitrogens is 1. The summed E-state index contributed by atoms with van der Waals surface area (Å²) in [6, 6.07) is 9.58. The minimum absolute atomic E-state index is 0.0737. The van der Waals surface area contributed by atoms with Gasteiger partial charge in [-0.1, -0.05) is 42.3 Å². The molecule has 0 aliphatic carbocycles. The van der Waals surface area contributed by atoms with E-state index in [-0.39, 0.29) is 6.04 Å². The van der Waals surface area contributed by atoms with E-state index in [0.29, 0.717) is 16.7 Å². The molecule has 2 aromatic rings. The zero-order valence-corrected chi connectivity index (χ0v) is 13.6. The Hall–Kier alpha value is -1.29. The van der Waals surface area contributed by atoms with Crippen molar-refractivity contribution in [2.75, 3.05) is 13.2 Å². The van der Waals surface area contributed by atoms with E-state index < -0.39 is 0 Å². The van der Waals surface area contributed by atoms with Crippen LogP contribution >= 0.6 is 23.2 Å². The van der Waals surface area contributed by atoms with Gasteiger partial charge in [-0.15, -0.1) is 0 Å². The smallest absolute Gasteiger partial charge is 0.119 e. The summed E-state index contributed by atoms with van der Waals surface area (Å²) in [5, 5.41) is 4.49. The van der Waals surface area contributed by atoms with Gasteiger partial charge in [-0.25, -0.2) is 0 Å². The van der Waals surface area contributed by atoms with Gasteiger partial charge in [0.15, 0.2) is 0 Å². The molecule has 3 nitrogen and oxygen atoms in total. The number of hydrogen-bond acceptors (Lipinski definition) is 3. The number of nitrogens with one attached hydrogen (secondary N) is 1. The van der Waals surface area contributed by atoms with Crippen molar-refractivity contribution in [2.45, 2.75) is 19.9 Å². The van der Waals surface area contributed by atoms with Crippen LogP contribution in [-0.2, 0) is 0 Å². The van der Waals surface area contributed by atoms with Crippen molar-refractivity contribution in [3.05, 3.63) is 57.8 Å². The normalized spacial score (nSPS) is 12.2. The van der Waals surface area contributed by atoms with Crippen LogP contribution in [0.25, 0.3) is 0 Å². The maximum atomic E-state index is 6.28. The van der Waals surface area contributed by atoms with E-state index in [4.69, 9.17) is 27.9 Å². The Balaban J connectivity index is 2.33. The van der Waals surface area contributed by atoms with Gasteiger partial charge in [-0.05, 0) is 37.2 Å². The van der Waals surface area contributed by atoms with E-state index >= 15 is 0 Å². The summed E-state index contributed by atoms with van der Waals surface area (Å²) in [6.45, 7) is 5.47. The Kier molecular flexibility index (Phi) is 5.85. The van der Waals surface area contributed by atoms with Gasteiger partial charge < -0.3 is 10.1 Å². The first-order chi connectivity index (χ1) is 10.2. The van der Waals surface area contributed by atoms with Crippen LogP contribution in [0.5, 0.6) is 5.75 Å². The number of ether oxygens (including phenoxy) is 1. The molecule has 0 amide bonds. The van der Waals surface area contributed by atoms with E-state index in [1.165, 1.54) is 0 Å². The van der Waals surface area contributed by atoms with Crippen LogP contribution in [0.2, 0.25) is 10.0 Å². The van der Waals surface area contributed by atoms with Crippen molar-refractivity contribution in [3.63, 3.8) is 0 Å². The van der Waals surface area contributed by atoms with Crippen molar-refractivity contribution in [1.82, 2.24) is 10.3 Å². The second-order valence-corrected chi connectivity index (χ2v) is 5.36. The fourth-order valence-electron chi connectivity index (χ4n) is 2.14. The predicted octanol–water partition coefficient (Wildman–Crippen LogP) is 4.49. The van der Waals surface area contributed by atoms with Crippen LogP contribution in [0, 0.1) is 0 Å². The molecule has 0 aliphatic rings. The molecule has 0 saturated carbocycles. The quantitative estimate of drug-likeness (QED) is 0.850. The summed E-state index contributed by atoms with van der Waals surface area (Å²) < 4.78 is 5.47. The molecule has 0 bridgehead atoms. The van der Waals surface area contributed by atoms with Gasteiger partial charge >= 0.3 is 0 Å². The third-order valence-electron chi connectivity index (χ3n) is 3.04. The molecule has 1 N–H and O–H groups in total. The molecule has 1 unspecified atom stereocenters. The van der Waals surface area contributed by atoms with E-state index in [0.717, 1.165) is 23.6 Å². The van der Waals surface area contributed by atoms with Crippen LogP contribution in [0.1, 0.15) is 31.1 Å². The van der Waals surface area contributed by atoms with Gasteiger partial charge in [0.25, 0.3) is 0 Å². The summed E-state index contributed by atoms with van der Waals surface area (Å²) in [6.07, 6.45) is 1.61. The third kappa shape index (κ3) is 4.10. The lowest BCUT2D eigenvalue weighted by molar-refractivity contribution is 0.340. The maximum absolute atomic E-state index is 6.28. The lowest BCUT2D eigenvalue weighted by Crippen LogP contribution is -2.23. The summed E-state index contributed by atoms with van der Waals surface area (Å²) >= 11 is 12.2. The molecule has 2 rings (SSSR count). The molecule has 112 valence electrons. The molecule has 1 atom stereocenters. The van der Waals surface area contributed by atoms with E-state index in [2.05, 4.69) is 10.3 Å². The Bertz CT molecular complexity index is 587. The largest absolute Gasteiger partial charge is 0.494 e. The van der Waals surface area contributed by atoms with Crippen molar-refractivity contribution in [3.8, 4) is 5.75 Å². The lowest BCUT2D eigenvalue weighted by Gasteiger charge is -2.19. The summed E-state index contributed by atoms with van der Waals surface area (Å²) in [5.74, 6) is 0.853. The Labute approximate surface area is 135 Å². The Morgan fingerprint density at radius 2 is 1.90 bits per heavy atom. The predicted molar refractivity (Wildman–Crippen MR) is 87.4 cm³/mol. The first-order valence-corrected chi connectivity index (χ1v) is 7.68. The van der Waals surface area contributed by atoms with Crippen molar-refractivity contribution >= 4 is 23.2 Å². The Morgan fingerprint density at radius 3 is 2.48 bits per heavy atom. The molecule has 5 heteroatoms. The van der Waals surface area contributed by atoms with Crippen LogP contribution < -0.4 is 10.1 Å². The van der Waals surface area contributed by atoms with E-state index in [1.807, 2.05) is 38.1 Å². The summed E-state index contributed by atoms with van der Waals surface area (Å²) in [4.78, 5) is 4.37. The van der Waals surface area contributed by atoms with Gasteiger partial charge in [-0.2, -0.15) is 0 Å². The average molecular weight is 325 g/mol. The zero-order chi connectivity index (χ0) is 15.2. The van der Waals surface area contributed by atoms with Crippen LogP contribution in [0.4, 0.5) is 0 Å². The lowest BCUT2D eigenvalue weighted by atomic mass is 10.0. The molecule has 0 radical (unpaired) electrons. The number of pyridine rings is 1. The van der Waals surface area contributed by atoms with Gasteiger partial charge in [0.1, 0.15) is 5.75 Å². The fourth-order valence-corrected chi connectivity index (χ4v) is 2.63. The number of halogens is 2. The number of rotatable bonds is 6. The molecule has 0 fully saturated rings. The number of benzene rings is 1. The van der Waals surface area contributed by atoms with Crippen molar-refractivity contribution in [1.29, 1.82) is 0 Å². The minimum Gasteiger partial charge on any atom is -0.494 e. The third-order valence-corrected chi connectivity index (χ3v) is 3.55. The topological polar surface area (TPSA) is 34.1 Å². The van der Waals surface area contributed by atoms with Gasteiger partial charge in [-0.3, -0.25) is 4.98 Å². The molecule has 1 aromatic carbocycles. The monoisotopic (exact) mass is 324 g/mol. The summed E-state index contributed by atoms with van der Waals surface area (Å²) in [5.41, 5.74) is 1.85. The van der Waals surface area contributed by atoms with Crippen molar-refractivity contribution in [2.24, 2.45) is 0 Å². The number of nitrogens with zero attached hydrogens (tertiary/aromatic N) is 1. The standard InChI is InChI=1S/C16H18Cl2N2O/c1-3-19-15(16-14(18)9-12(17)10-20-16)11-5-7-13(8-6-11)21-4-2/h5-10,15,19H,3-4H2,1-2H3. The fraction of sp³-hybridized carbons (Fsp3) is 0.312. The number of hydrogen-bond donors (Lipinski definition) is 1. The van der Waals surface area contributed by atoms with Gasteiger partial charge in [0.2, 0.25) is 0 Å². The minimum atomic E-state index is -0.0737. The second-order valence-electron chi connectivity index (χ2n) is 4.51. The van der Waals surface area contributed by atoms with Crippen LogP contribution in [-0.4, -0.2) is 18.1 Å². The highest BCUT2D eigenvalue weighted by atomic mass is 35.5. The molecule has 1 heterocycles. The van der Waals surface area contributed by atoms with E-state index in [1.54, 1.807) is 12.3 Å². The molecular formula is C16H18Cl2N2O. The van der Waals surface area contributed by atoms with Gasteiger partial charge in [0, 0.05) is 6.20 Å². The Morgan fingerprint density at radius 1 is 1.19 bits per heavy atom. The highest BCUT2D eigenvalue weighted by molar-refractivity contribution is 6.34. The van der Waals surface area contributed by atoms with Crippen molar-refractivity contribution < 1.29 is 4.74 Å².